The summed E-state index contributed by atoms with van der Waals surface area (Å²) in [5, 5.41) is 24.3. The standard InChI is InChI=1S/C11H16N4O2/c1-2-3-4-10(17)14-11-9(7-12)8-13-15(11)5-6-16/h8,16H,2-6H2,1H3,(H,14,17). The molecule has 2 N–H and O–H groups in total. The summed E-state index contributed by atoms with van der Waals surface area (Å²) < 4.78 is 1.42. The Hall–Kier alpha value is -1.87. The molecular formula is C11H16N4O2. The molecule has 0 aliphatic heterocycles. The van der Waals surface area contributed by atoms with E-state index in [9.17, 15) is 4.79 Å². The lowest BCUT2D eigenvalue weighted by atomic mass is 10.2. The Morgan fingerprint density at radius 1 is 1.71 bits per heavy atom. The molecule has 0 aromatic carbocycles. The van der Waals surface area contributed by atoms with E-state index in [1.807, 2.05) is 13.0 Å². The predicted octanol–water partition coefficient (Wildman–Crippen LogP) is 0.876. The minimum Gasteiger partial charge on any atom is -0.394 e. The van der Waals surface area contributed by atoms with Crippen LogP contribution in [0.2, 0.25) is 0 Å². The number of amides is 1. The lowest BCUT2D eigenvalue weighted by Gasteiger charge is -2.07. The van der Waals surface area contributed by atoms with Crippen LogP contribution in [0.3, 0.4) is 0 Å². The molecule has 6 heteroatoms. The summed E-state index contributed by atoms with van der Waals surface area (Å²) in [5.41, 5.74) is 0.309. The average Bonchev–Trinajstić information content (AvgIpc) is 2.70. The zero-order chi connectivity index (χ0) is 12.7. The van der Waals surface area contributed by atoms with E-state index in [4.69, 9.17) is 10.4 Å². The molecule has 1 rings (SSSR count). The number of aromatic nitrogens is 2. The SMILES string of the molecule is CCCCC(=O)Nc1c(C#N)cnn1CCO. The molecule has 0 saturated carbocycles. The molecule has 0 unspecified atom stereocenters. The molecule has 1 aromatic rings. The highest BCUT2D eigenvalue weighted by atomic mass is 16.3. The van der Waals surface area contributed by atoms with Crippen molar-refractivity contribution < 1.29 is 9.90 Å². The first-order valence-electron chi connectivity index (χ1n) is 5.59. The topological polar surface area (TPSA) is 90.9 Å². The minimum absolute atomic E-state index is 0.0929. The highest BCUT2D eigenvalue weighted by Crippen LogP contribution is 2.14. The molecule has 1 aromatic heterocycles. The van der Waals surface area contributed by atoms with Crippen LogP contribution in [0.15, 0.2) is 6.20 Å². The van der Waals surface area contributed by atoms with Gasteiger partial charge in [0.05, 0.1) is 19.3 Å². The molecule has 1 amide bonds. The van der Waals surface area contributed by atoms with Crippen LogP contribution in [0, 0.1) is 11.3 Å². The van der Waals surface area contributed by atoms with Crippen LogP contribution < -0.4 is 5.32 Å². The number of nitriles is 1. The number of aliphatic hydroxyl groups excluding tert-OH is 1. The van der Waals surface area contributed by atoms with Crippen molar-refractivity contribution in [1.29, 1.82) is 5.26 Å². The third-order valence-corrected chi connectivity index (χ3v) is 2.29. The molecule has 0 aliphatic carbocycles. The summed E-state index contributed by atoms with van der Waals surface area (Å²) in [6.45, 7) is 2.17. The number of carbonyl (C=O) groups excluding carboxylic acids is 1. The van der Waals surface area contributed by atoms with Gasteiger partial charge >= 0.3 is 0 Å². The molecule has 0 saturated heterocycles. The fourth-order valence-corrected chi connectivity index (χ4v) is 1.40. The number of aliphatic hydroxyl groups is 1. The van der Waals surface area contributed by atoms with Gasteiger partial charge in [-0.1, -0.05) is 13.3 Å². The number of nitrogens with zero attached hydrogens (tertiary/aromatic N) is 3. The van der Waals surface area contributed by atoms with Crippen molar-refractivity contribution in [3.63, 3.8) is 0 Å². The summed E-state index contributed by atoms with van der Waals surface area (Å²) in [5.74, 6) is 0.227. The predicted molar refractivity (Wildman–Crippen MR) is 62.2 cm³/mol. The number of nitrogens with one attached hydrogen (secondary N) is 1. The number of hydrogen-bond acceptors (Lipinski definition) is 4. The number of rotatable bonds is 6. The van der Waals surface area contributed by atoms with Gasteiger partial charge in [0.2, 0.25) is 5.91 Å². The Morgan fingerprint density at radius 2 is 2.47 bits per heavy atom. The second-order valence-corrected chi connectivity index (χ2v) is 3.62. The first kappa shape index (κ1) is 13.2. The maximum Gasteiger partial charge on any atom is 0.225 e. The van der Waals surface area contributed by atoms with Gasteiger partial charge in [-0.2, -0.15) is 10.4 Å². The van der Waals surface area contributed by atoms with Gasteiger partial charge in [0.1, 0.15) is 17.5 Å². The van der Waals surface area contributed by atoms with Gasteiger partial charge < -0.3 is 10.4 Å². The first-order valence-corrected chi connectivity index (χ1v) is 5.59. The van der Waals surface area contributed by atoms with Gasteiger partial charge in [-0.05, 0) is 6.42 Å². The van der Waals surface area contributed by atoms with Gasteiger partial charge in [0, 0.05) is 6.42 Å². The minimum atomic E-state index is -0.136. The van der Waals surface area contributed by atoms with Gasteiger partial charge in [0.15, 0.2) is 0 Å². The monoisotopic (exact) mass is 236 g/mol. The van der Waals surface area contributed by atoms with E-state index in [0.29, 0.717) is 17.8 Å². The second kappa shape index (κ2) is 6.66. The van der Waals surface area contributed by atoms with E-state index in [-0.39, 0.29) is 19.1 Å². The fraction of sp³-hybridized carbons (Fsp3) is 0.545. The van der Waals surface area contributed by atoms with Crippen LogP contribution in [0.5, 0.6) is 0 Å². The highest BCUT2D eigenvalue weighted by molar-refractivity contribution is 5.91. The average molecular weight is 236 g/mol. The lowest BCUT2D eigenvalue weighted by Crippen LogP contribution is -2.17. The third kappa shape index (κ3) is 3.57. The van der Waals surface area contributed by atoms with E-state index in [1.165, 1.54) is 10.9 Å². The van der Waals surface area contributed by atoms with Crippen LogP contribution in [-0.2, 0) is 11.3 Å². The Balaban J connectivity index is 2.77. The summed E-state index contributed by atoms with van der Waals surface area (Å²) in [4.78, 5) is 11.6. The smallest absolute Gasteiger partial charge is 0.225 e. The van der Waals surface area contributed by atoms with Crippen molar-refractivity contribution in [2.75, 3.05) is 11.9 Å². The van der Waals surface area contributed by atoms with Crippen molar-refractivity contribution in [3.05, 3.63) is 11.8 Å². The summed E-state index contributed by atoms with van der Waals surface area (Å²) in [7, 11) is 0. The molecule has 0 bridgehead atoms. The molecule has 0 aliphatic rings. The molecule has 0 atom stereocenters. The number of hydrogen-bond donors (Lipinski definition) is 2. The van der Waals surface area contributed by atoms with Crippen molar-refractivity contribution in [2.24, 2.45) is 0 Å². The van der Waals surface area contributed by atoms with Crippen molar-refractivity contribution in [3.8, 4) is 6.07 Å². The molecule has 6 nitrogen and oxygen atoms in total. The molecule has 0 radical (unpaired) electrons. The number of carbonyl (C=O) groups is 1. The summed E-state index contributed by atoms with van der Waals surface area (Å²) >= 11 is 0. The van der Waals surface area contributed by atoms with Crippen molar-refractivity contribution in [1.82, 2.24) is 9.78 Å². The molecule has 1 heterocycles. The lowest BCUT2D eigenvalue weighted by molar-refractivity contribution is -0.116. The Bertz CT molecular complexity index is 420. The van der Waals surface area contributed by atoms with Crippen molar-refractivity contribution in [2.45, 2.75) is 32.7 Å². The van der Waals surface area contributed by atoms with Crippen LogP contribution >= 0.6 is 0 Å². The van der Waals surface area contributed by atoms with E-state index in [0.717, 1.165) is 12.8 Å². The van der Waals surface area contributed by atoms with Crippen LogP contribution in [0.4, 0.5) is 5.82 Å². The van der Waals surface area contributed by atoms with E-state index < -0.39 is 0 Å². The third-order valence-electron chi connectivity index (χ3n) is 2.29. The Labute approximate surface area is 99.9 Å². The normalized spacial score (nSPS) is 9.94. The van der Waals surface area contributed by atoms with Crippen molar-refractivity contribution >= 4 is 11.7 Å². The molecular weight excluding hydrogens is 220 g/mol. The van der Waals surface area contributed by atoms with E-state index in [2.05, 4.69) is 10.4 Å². The largest absolute Gasteiger partial charge is 0.394 e. The van der Waals surface area contributed by atoms with Gasteiger partial charge in [-0.15, -0.1) is 0 Å². The van der Waals surface area contributed by atoms with Crippen LogP contribution in [-0.4, -0.2) is 27.4 Å². The number of anilines is 1. The maximum absolute atomic E-state index is 11.6. The molecule has 92 valence electrons. The van der Waals surface area contributed by atoms with Crippen LogP contribution in [0.25, 0.3) is 0 Å². The first-order chi connectivity index (χ1) is 8.22. The van der Waals surface area contributed by atoms with Gasteiger partial charge in [-0.25, -0.2) is 4.68 Å². The van der Waals surface area contributed by atoms with Crippen LogP contribution in [0.1, 0.15) is 31.7 Å². The molecule has 0 fully saturated rings. The zero-order valence-corrected chi connectivity index (χ0v) is 9.81. The molecule has 17 heavy (non-hydrogen) atoms. The zero-order valence-electron chi connectivity index (χ0n) is 9.81. The Morgan fingerprint density at radius 3 is 3.06 bits per heavy atom. The van der Waals surface area contributed by atoms with E-state index >= 15 is 0 Å². The Kier molecular flexibility index (Phi) is 5.17. The van der Waals surface area contributed by atoms with E-state index in [1.54, 1.807) is 0 Å². The van der Waals surface area contributed by atoms with Gasteiger partial charge in [0.25, 0.3) is 0 Å². The fourth-order valence-electron chi connectivity index (χ4n) is 1.40. The molecule has 0 spiro atoms. The summed E-state index contributed by atoms with van der Waals surface area (Å²) in [6.07, 6.45) is 3.55. The van der Waals surface area contributed by atoms with Gasteiger partial charge in [-0.3, -0.25) is 4.79 Å². The highest BCUT2D eigenvalue weighted by Gasteiger charge is 2.12. The second-order valence-electron chi connectivity index (χ2n) is 3.62. The maximum atomic E-state index is 11.6. The summed E-state index contributed by atoms with van der Waals surface area (Å²) in [6, 6.07) is 1.96. The number of unbranched alkanes of at least 4 members (excludes halogenated alkanes) is 1. The quantitative estimate of drug-likeness (QED) is 0.766.